The number of rotatable bonds is 9. The molecule has 1 aliphatic heterocycles. The van der Waals surface area contributed by atoms with E-state index < -0.39 is 0 Å². The third-order valence-corrected chi connectivity index (χ3v) is 4.23. The Morgan fingerprint density at radius 2 is 1.68 bits per heavy atom. The number of carbonyl (C=O) groups is 1. The fourth-order valence-corrected chi connectivity index (χ4v) is 2.89. The first kappa shape index (κ1) is 19.5. The number of hydrogen-bond acceptors (Lipinski definition) is 5. The molecule has 1 aromatic carbocycles. The Labute approximate surface area is 151 Å². The highest BCUT2D eigenvalue weighted by atomic mass is 16.5. The first-order valence-electron chi connectivity index (χ1n) is 9.07. The maximum Gasteiger partial charge on any atom is 0.234 e. The second kappa shape index (κ2) is 10.3. The predicted molar refractivity (Wildman–Crippen MR) is 99.3 cm³/mol. The van der Waals surface area contributed by atoms with Crippen LogP contribution in [0.2, 0.25) is 0 Å². The molecule has 0 spiro atoms. The summed E-state index contributed by atoms with van der Waals surface area (Å²) in [5.74, 6) is 1.84. The van der Waals surface area contributed by atoms with Gasteiger partial charge in [-0.15, -0.1) is 0 Å². The van der Waals surface area contributed by atoms with Crippen LogP contribution in [0, 0.1) is 0 Å². The minimum absolute atomic E-state index is 0.122. The van der Waals surface area contributed by atoms with Crippen molar-refractivity contribution in [3.63, 3.8) is 0 Å². The standard InChI is InChI=1S/C19H31N3O3/c1-16(2)20-19(23)15-22-12-10-21(11-13-22)9-4-14-25-18-7-5-17(24-3)6-8-18/h5-8,16H,4,9-15H2,1-3H3,(H,20,23). The van der Waals surface area contributed by atoms with Gasteiger partial charge in [0.25, 0.3) is 0 Å². The number of nitrogens with zero attached hydrogens (tertiary/aromatic N) is 2. The zero-order chi connectivity index (χ0) is 18.1. The highest BCUT2D eigenvalue weighted by molar-refractivity contribution is 5.78. The molecule has 1 saturated heterocycles. The summed E-state index contributed by atoms with van der Waals surface area (Å²) in [5.41, 5.74) is 0. The lowest BCUT2D eigenvalue weighted by Gasteiger charge is -2.34. The normalized spacial score (nSPS) is 16.0. The summed E-state index contributed by atoms with van der Waals surface area (Å²) in [6.07, 6.45) is 1.000. The van der Waals surface area contributed by atoms with Crippen molar-refractivity contribution in [2.45, 2.75) is 26.3 Å². The molecule has 1 amide bonds. The SMILES string of the molecule is COc1ccc(OCCCN2CCN(CC(=O)NC(C)C)CC2)cc1. The van der Waals surface area contributed by atoms with Crippen molar-refractivity contribution < 1.29 is 14.3 Å². The summed E-state index contributed by atoms with van der Waals surface area (Å²) in [6, 6.07) is 7.88. The van der Waals surface area contributed by atoms with Gasteiger partial charge in [-0.25, -0.2) is 0 Å². The van der Waals surface area contributed by atoms with E-state index in [2.05, 4.69) is 15.1 Å². The Balaban J connectivity index is 1.56. The maximum atomic E-state index is 11.8. The zero-order valence-corrected chi connectivity index (χ0v) is 15.7. The van der Waals surface area contributed by atoms with E-state index in [1.54, 1.807) is 7.11 Å². The molecule has 0 aliphatic carbocycles. The van der Waals surface area contributed by atoms with Crippen LogP contribution in [0.25, 0.3) is 0 Å². The van der Waals surface area contributed by atoms with Gasteiger partial charge in [-0.3, -0.25) is 9.69 Å². The van der Waals surface area contributed by atoms with Gasteiger partial charge >= 0.3 is 0 Å². The topological polar surface area (TPSA) is 54.0 Å². The molecule has 0 bridgehead atoms. The highest BCUT2D eigenvalue weighted by Crippen LogP contribution is 2.17. The average Bonchev–Trinajstić information content (AvgIpc) is 2.60. The van der Waals surface area contributed by atoms with Crippen molar-refractivity contribution >= 4 is 5.91 Å². The zero-order valence-electron chi connectivity index (χ0n) is 15.7. The molecular formula is C19H31N3O3. The van der Waals surface area contributed by atoms with E-state index >= 15 is 0 Å². The van der Waals surface area contributed by atoms with Gasteiger partial charge < -0.3 is 19.7 Å². The van der Waals surface area contributed by atoms with Crippen molar-refractivity contribution in [3.8, 4) is 11.5 Å². The molecular weight excluding hydrogens is 318 g/mol. The van der Waals surface area contributed by atoms with Gasteiger partial charge in [-0.2, -0.15) is 0 Å². The fourth-order valence-electron chi connectivity index (χ4n) is 2.89. The quantitative estimate of drug-likeness (QED) is 0.687. The van der Waals surface area contributed by atoms with E-state index in [9.17, 15) is 4.79 Å². The van der Waals surface area contributed by atoms with Crippen LogP contribution >= 0.6 is 0 Å². The van der Waals surface area contributed by atoms with Gasteiger partial charge in [0, 0.05) is 38.8 Å². The molecule has 1 N–H and O–H groups in total. The maximum absolute atomic E-state index is 11.8. The van der Waals surface area contributed by atoms with Crippen molar-refractivity contribution in [1.82, 2.24) is 15.1 Å². The van der Waals surface area contributed by atoms with Crippen molar-refractivity contribution in [1.29, 1.82) is 0 Å². The summed E-state index contributed by atoms with van der Waals surface area (Å²) in [5, 5.41) is 2.95. The summed E-state index contributed by atoms with van der Waals surface area (Å²) in [7, 11) is 1.66. The van der Waals surface area contributed by atoms with Crippen LogP contribution in [0.15, 0.2) is 24.3 Å². The smallest absolute Gasteiger partial charge is 0.234 e. The first-order valence-corrected chi connectivity index (χ1v) is 9.07. The van der Waals surface area contributed by atoms with Crippen molar-refractivity contribution in [3.05, 3.63) is 24.3 Å². The second-order valence-corrected chi connectivity index (χ2v) is 6.72. The Morgan fingerprint density at radius 1 is 1.08 bits per heavy atom. The molecule has 1 heterocycles. The van der Waals surface area contributed by atoms with Crippen LogP contribution in [0.4, 0.5) is 0 Å². The van der Waals surface area contributed by atoms with Crippen LogP contribution < -0.4 is 14.8 Å². The van der Waals surface area contributed by atoms with Gasteiger partial charge in [0.05, 0.1) is 20.3 Å². The molecule has 6 nitrogen and oxygen atoms in total. The third kappa shape index (κ3) is 7.32. The van der Waals surface area contributed by atoms with E-state index in [1.807, 2.05) is 38.1 Å². The number of ether oxygens (including phenoxy) is 2. The Hall–Kier alpha value is -1.79. The minimum atomic E-state index is 0.122. The Morgan fingerprint density at radius 3 is 2.28 bits per heavy atom. The molecule has 140 valence electrons. The largest absolute Gasteiger partial charge is 0.497 e. The molecule has 25 heavy (non-hydrogen) atoms. The molecule has 2 rings (SSSR count). The minimum Gasteiger partial charge on any atom is -0.497 e. The van der Waals surface area contributed by atoms with E-state index in [0.717, 1.165) is 50.6 Å². The molecule has 0 unspecified atom stereocenters. The lowest BCUT2D eigenvalue weighted by molar-refractivity contribution is -0.123. The highest BCUT2D eigenvalue weighted by Gasteiger charge is 2.18. The monoisotopic (exact) mass is 349 g/mol. The lowest BCUT2D eigenvalue weighted by Crippen LogP contribution is -2.50. The van der Waals surface area contributed by atoms with Crippen molar-refractivity contribution in [2.75, 3.05) is 53.0 Å². The fraction of sp³-hybridized carbons (Fsp3) is 0.632. The Bertz CT molecular complexity index is 511. The van der Waals surface area contributed by atoms with Gasteiger partial charge in [0.15, 0.2) is 0 Å². The number of benzene rings is 1. The van der Waals surface area contributed by atoms with E-state index in [0.29, 0.717) is 13.2 Å². The molecule has 1 aliphatic rings. The van der Waals surface area contributed by atoms with Gasteiger partial charge in [-0.1, -0.05) is 0 Å². The van der Waals surface area contributed by atoms with Crippen LogP contribution in [-0.4, -0.2) is 74.7 Å². The number of carbonyl (C=O) groups excluding carboxylic acids is 1. The number of hydrogen-bond donors (Lipinski definition) is 1. The Kier molecular flexibility index (Phi) is 8.01. The van der Waals surface area contributed by atoms with Crippen molar-refractivity contribution in [2.24, 2.45) is 0 Å². The molecule has 0 saturated carbocycles. The van der Waals surface area contributed by atoms with E-state index in [4.69, 9.17) is 9.47 Å². The number of amides is 1. The lowest BCUT2D eigenvalue weighted by atomic mass is 10.3. The summed E-state index contributed by atoms with van der Waals surface area (Å²) < 4.78 is 10.9. The molecule has 1 aromatic rings. The number of nitrogens with one attached hydrogen (secondary N) is 1. The summed E-state index contributed by atoms with van der Waals surface area (Å²) >= 11 is 0. The van der Waals surface area contributed by atoms with Gasteiger partial charge in [0.2, 0.25) is 5.91 Å². The number of methoxy groups -OCH3 is 1. The molecule has 0 radical (unpaired) electrons. The molecule has 6 heteroatoms. The van der Waals surface area contributed by atoms with Gasteiger partial charge in [0.1, 0.15) is 11.5 Å². The molecule has 0 atom stereocenters. The first-order chi connectivity index (χ1) is 12.1. The van der Waals surface area contributed by atoms with Gasteiger partial charge in [-0.05, 0) is 44.5 Å². The van der Waals surface area contributed by atoms with Crippen LogP contribution in [0.3, 0.4) is 0 Å². The third-order valence-electron chi connectivity index (χ3n) is 4.23. The van der Waals surface area contributed by atoms with Crippen LogP contribution in [0.5, 0.6) is 11.5 Å². The number of piperazine rings is 1. The van der Waals surface area contributed by atoms with E-state index in [-0.39, 0.29) is 11.9 Å². The van der Waals surface area contributed by atoms with Crippen LogP contribution in [-0.2, 0) is 4.79 Å². The molecule has 1 fully saturated rings. The summed E-state index contributed by atoms with van der Waals surface area (Å²) in [4.78, 5) is 16.5. The predicted octanol–water partition coefficient (Wildman–Crippen LogP) is 1.61. The van der Waals surface area contributed by atoms with E-state index in [1.165, 1.54) is 0 Å². The second-order valence-electron chi connectivity index (χ2n) is 6.72. The van der Waals surface area contributed by atoms with Crippen LogP contribution in [0.1, 0.15) is 20.3 Å². The molecule has 0 aromatic heterocycles. The summed E-state index contributed by atoms with van der Waals surface area (Å²) in [6.45, 7) is 10.1. The average molecular weight is 349 g/mol.